The molecule has 1 aromatic rings. The summed E-state index contributed by atoms with van der Waals surface area (Å²) >= 11 is 0. The average molecular weight is 319 g/mol. The van der Waals surface area contributed by atoms with Gasteiger partial charge in [-0.3, -0.25) is 14.7 Å². The predicted octanol–water partition coefficient (Wildman–Crippen LogP) is 2.39. The Balaban J connectivity index is 2.32. The Morgan fingerprint density at radius 2 is 1.83 bits per heavy atom. The Hall–Kier alpha value is -2.11. The van der Waals surface area contributed by atoms with E-state index in [1.165, 1.54) is 4.90 Å². The number of carbonyl (C=O) groups is 2. The fourth-order valence-electron chi connectivity index (χ4n) is 3.07. The monoisotopic (exact) mass is 319 g/mol. The summed E-state index contributed by atoms with van der Waals surface area (Å²) in [6.07, 6.45) is 4.59. The van der Waals surface area contributed by atoms with Crippen molar-refractivity contribution >= 4 is 12.0 Å². The van der Waals surface area contributed by atoms with E-state index in [1.54, 1.807) is 17.3 Å². The van der Waals surface area contributed by atoms with Gasteiger partial charge in [0, 0.05) is 37.4 Å². The summed E-state index contributed by atoms with van der Waals surface area (Å²) in [7, 11) is 0. The fraction of sp³-hybridized carbons (Fsp3) is 0.588. The molecule has 6 heteroatoms. The first-order chi connectivity index (χ1) is 10.8. The quantitative estimate of drug-likeness (QED) is 0.925. The highest BCUT2D eigenvalue weighted by Gasteiger charge is 2.39. The SMILES string of the molecule is CC(C)(C)N(C(=O)O)[C@H](Cc1ccncc1)C(=O)N1CCCC1. The molecule has 6 nitrogen and oxygen atoms in total. The van der Waals surface area contributed by atoms with Gasteiger partial charge in [-0.2, -0.15) is 0 Å². The average Bonchev–Trinajstić information content (AvgIpc) is 2.99. The van der Waals surface area contributed by atoms with E-state index in [0.29, 0.717) is 19.5 Å². The first kappa shape index (κ1) is 17.2. The van der Waals surface area contributed by atoms with Crippen molar-refractivity contribution in [2.24, 2.45) is 0 Å². The minimum absolute atomic E-state index is 0.100. The molecule has 1 aliphatic rings. The summed E-state index contributed by atoms with van der Waals surface area (Å²) in [5, 5.41) is 9.69. The molecule has 2 rings (SSSR count). The zero-order valence-corrected chi connectivity index (χ0v) is 14.0. The van der Waals surface area contributed by atoms with Crippen molar-refractivity contribution in [3.05, 3.63) is 30.1 Å². The molecule has 126 valence electrons. The number of carbonyl (C=O) groups excluding carboxylic acids is 1. The van der Waals surface area contributed by atoms with Gasteiger partial charge in [-0.25, -0.2) is 4.79 Å². The van der Waals surface area contributed by atoms with Gasteiger partial charge in [0.15, 0.2) is 0 Å². The summed E-state index contributed by atoms with van der Waals surface area (Å²) in [6, 6.07) is 2.94. The number of hydrogen-bond donors (Lipinski definition) is 1. The molecule has 1 aliphatic heterocycles. The fourth-order valence-corrected chi connectivity index (χ4v) is 3.07. The molecule has 0 unspecified atom stereocenters. The Kier molecular flexibility index (Phi) is 5.23. The van der Waals surface area contributed by atoms with Gasteiger partial charge in [-0.05, 0) is 51.3 Å². The van der Waals surface area contributed by atoms with Crippen molar-refractivity contribution in [1.82, 2.24) is 14.8 Å². The van der Waals surface area contributed by atoms with Gasteiger partial charge >= 0.3 is 6.09 Å². The molecule has 0 spiro atoms. The lowest BCUT2D eigenvalue weighted by atomic mass is 9.98. The summed E-state index contributed by atoms with van der Waals surface area (Å²) < 4.78 is 0. The molecule has 1 saturated heterocycles. The van der Waals surface area contributed by atoms with Crippen LogP contribution in [0.2, 0.25) is 0 Å². The normalized spacial score (nSPS) is 16.2. The van der Waals surface area contributed by atoms with Crippen LogP contribution in [0.3, 0.4) is 0 Å². The predicted molar refractivity (Wildman–Crippen MR) is 87.2 cm³/mol. The van der Waals surface area contributed by atoms with Crippen molar-refractivity contribution in [2.45, 2.75) is 51.6 Å². The largest absolute Gasteiger partial charge is 0.465 e. The van der Waals surface area contributed by atoms with Crippen LogP contribution in [-0.2, 0) is 11.2 Å². The smallest absolute Gasteiger partial charge is 0.408 e. The van der Waals surface area contributed by atoms with E-state index in [0.717, 1.165) is 18.4 Å². The van der Waals surface area contributed by atoms with Crippen LogP contribution in [0.15, 0.2) is 24.5 Å². The third kappa shape index (κ3) is 4.21. The minimum Gasteiger partial charge on any atom is -0.465 e. The third-order valence-electron chi connectivity index (χ3n) is 4.12. The zero-order chi connectivity index (χ0) is 17.0. The Bertz CT molecular complexity index is 548. The Morgan fingerprint density at radius 1 is 1.26 bits per heavy atom. The van der Waals surface area contributed by atoms with Crippen LogP contribution in [0.1, 0.15) is 39.2 Å². The van der Waals surface area contributed by atoms with Gasteiger partial charge in [0.1, 0.15) is 6.04 Å². The maximum atomic E-state index is 12.9. The molecule has 1 aromatic heterocycles. The van der Waals surface area contributed by atoms with Gasteiger partial charge in [0.2, 0.25) is 5.91 Å². The Labute approximate surface area is 137 Å². The highest BCUT2D eigenvalue weighted by molar-refractivity contribution is 5.86. The van der Waals surface area contributed by atoms with E-state index < -0.39 is 17.7 Å². The molecule has 0 aliphatic carbocycles. The standard InChI is InChI=1S/C17H25N3O3/c1-17(2,3)20(16(22)23)14(12-13-6-8-18-9-7-13)15(21)19-10-4-5-11-19/h6-9,14H,4-5,10-12H2,1-3H3,(H,22,23)/t14-/m1/s1. The molecule has 0 saturated carbocycles. The van der Waals surface area contributed by atoms with Crippen LogP contribution in [0.5, 0.6) is 0 Å². The number of hydrogen-bond acceptors (Lipinski definition) is 3. The van der Waals surface area contributed by atoms with Crippen LogP contribution in [0.25, 0.3) is 0 Å². The zero-order valence-electron chi connectivity index (χ0n) is 14.0. The van der Waals surface area contributed by atoms with Crippen molar-refractivity contribution in [1.29, 1.82) is 0 Å². The molecular weight excluding hydrogens is 294 g/mol. The number of amides is 2. The minimum atomic E-state index is -1.07. The third-order valence-corrected chi connectivity index (χ3v) is 4.12. The summed E-state index contributed by atoms with van der Waals surface area (Å²) in [6.45, 7) is 6.88. The molecule has 1 atom stereocenters. The van der Waals surface area contributed by atoms with E-state index in [9.17, 15) is 14.7 Å². The van der Waals surface area contributed by atoms with Gasteiger partial charge in [0.25, 0.3) is 0 Å². The van der Waals surface area contributed by atoms with E-state index in [2.05, 4.69) is 4.98 Å². The molecule has 0 bridgehead atoms. The maximum Gasteiger partial charge on any atom is 0.408 e. The number of pyridine rings is 1. The lowest BCUT2D eigenvalue weighted by Gasteiger charge is -2.40. The Morgan fingerprint density at radius 3 is 2.30 bits per heavy atom. The van der Waals surface area contributed by atoms with Crippen LogP contribution in [-0.4, -0.2) is 56.6 Å². The first-order valence-electron chi connectivity index (χ1n) is 8.00. The van der Waals surface area contributed by atoms with E-state index in [-0.39, 0.29) is 5.91 Å². The molecule has 1 N–H and O–H groups in total. The molecule has 2 amide bonds. The highest BCUT2D eigenvalue weighted by Crippen LogP contribution is 2.23. The number of nitrogens with zero attached hydrogens (tertiary/aromatic N) is 3. The van der Waals surface area contributed by atoms with Gasteiger partial charge in [0.05, 0.1) is 0 Å². The molecule has 2 heterocycles. The van der Waals surface area contributed by atoms with Crippen molar-refractivity contribution in [3.8, 4) is 0 Å². The number of carboxylic acid groups (broad SMARTS) is 1. The number of aromatic nitrogens is 1. The lowest BCUT2D eigenvalue weighted by molar-refractivity contribution is -0.137. The van der Waals surface area contributed by atoms with Gasteiger partial charge in [-0.1, -0.05) is 0 Å². The van der Waals surface area contributed by atoms with E-state index in [4.69, 9.17) is 0 Å². The van der Waals surface area contributed by atoms with Gasteiger partial charge < -0.3 is 10.0 Å². The second kappa shape index (κ2) is 6.98. The molecule has 1 fully saturated rings. The van der Waals surface area contributed by atoms with E-state index in [1.807, 2.05) is 32.9 Å². The number of likely N-dealkylation sites (tertiary alicyclic amines) is 1. The summed E-state index contributed by atoms with van der Waals surface area (Å²) in [5.41, 5.74) is 0.256. The van der Waals surface area contributed by atoms with Crippen molar-refractivity contribution in [3.63, 3.8) is 0 Å². The molecular formula is C17H25N3O3. The van der Waals surface area contributed by atoms with Crippen LogP contribution in [0, 0.1) is 0 Å². The topological polar surface area (TPSA) is 73.7 Å². The first-order valence-corrected chi connectivity index (χ1v) is 8.00. The van der Waals surface area contributed by atoms with E-state index >= 15 is 0 Å². The summed E-state index contributed by atoms with van der Waals surface area (Å²) in [5.74, 6) is -0.100. The number of rotatable bonds is 4. The molecule has 23 heavy (non-hydrogen) atoms. The highest BCUT2D eigenvalue weighted by atomic mass is 16.4. The summed E-state index contributed by atoms with van der Waals surface area (Å²) in [4.78, 5) is 31.8. The van der Waals surface area contributed by atoms with Crippen LogP contribution in [0.4, 0.5) is 4.79 Å². The lowest BCUT2D eigenvalue weighted by Crippen LogP contribution is -2.58. The second-order valence-corrected chi connectivity index (χ2v) is 6.93. The van der Waals surface area contributed by atoms with Crippen molar-refractivity contribution in [2.75, 3.05) is 13.1 Å². The second-order valence-electron chi connectivity index (χ2n) is 6.93. The molecule has 0 radical (unpaired) electrons. The van der Waals surface area contributed by atoms with Gasteiger partial charge in [-0.15, -0.1) is 0 Å². The van der Waals surface area contributed by atoms with Crippen LogP contribution >= 0.6 is 0 Å². The molecule has 0 aromatic carbocycles. The maximum absolute atomic E-state index is 12.9. The van der Waals surface area contributed by atoms with Crippen LogP contribution < -0.4 is 0 Å². The van der Waals surface area contributed by atoms with Crippen molar-refractivity contribution < 1.29 is 14.7 Å².